The van der Waals surface area contributed by atoms with Gasteiger partial charge in [-0.25, -0.2) is 0 Å². The molecule has 5 rings (SSSR count). The normalized spacial score (nSPS) is 17.8. The second kappa shape index (κ2) is 6.33. The number of benzene rings is 2. The maximum absolute atomic E-state index is 13.0. The van der Waals surface area contributed by atoms with Gasteiger partial charge >= 0.3 is 0 Å². The molecule has 2 fully saturated rings. The van der Waals surface area contributed by atoms with Gasteiger partial charge in [-0.05, 0) is 30.5 Å². The fourth-order valence-corrected chi connectivity index (χ4v) is 5.71. The number of carbonyl (C=O) groups is 2. The van der Waals surface area contributed by atoms with Gasteiger partial charge in [0.1, 0.15) is 4.88 Å². The Hall–Kier alpha value is -2.37. The highest BCUT2D eigenvalue weighted by molar-refractivity contribution is 7.21. The third kappa shape index (κ3) is 2.81. The van der Waals surface area contributed by atoms with Crippen molar-refractivity contribution in [3.8, 4) is 11.1 Å². The van der Waals surface area contributed by atoms with Gasteiger partial charge in [0.2, 0.25) is 5.91 Å². The Morgan fingerprint density at radius 3 is 2.68 bits per heavy atom. The van der Waals surface area contributed by atoms with E-state index in [0.29, 0.717) is 29.4 Å². The zero-order chi connectivity index (χ0) is 19.5. The molecule has 2 aliphatic heterocycles. The average molecular weight is 411 g/mol. The smallest absolute Gasteiger partial charge is 0.265 e. The van der Waals surface area contributed by atoms with Crippen molar-refractivity contribution in [2.24, 2.45) is 0 Å². The van der Waals surface area contributed by atoms with Crippen LogP contribution in [0, 0.1) is 6.92 Å². The monoisotopic (exact) mass is 410 g/mol. The number of thiophene rings is 1. The zero-order valence-corrected chi connectivity index (χ0v) is 17.0. The van der Waals surface area contributed by atoms with Crippen LogP contribution >= 0.6 is 22.9 Å². The Balaban J connectivity index is 1.43. The van der Waals surface area contributed by atoms with Crippen LogP contribution in [0.3, 0.4) is 0 Å². The predicted molar refractivity (Wildman–Crippen MR) is 113 cm³/mol. The van der Waals surface area contributed by atoms with Crippen LogP contribution in [0.2, 0.25) is 5.02 Å². The number of rotatable bonds is 2. The van der Waals surface area contributed by atoms with Crippen molar-refractivity contribution in [1.82, 2.24) is 10.2 Å². The predicted octanol–water partition coefficient (Wildman–Crippen LogP) is 4.63. The van der Waals surface area contributed by atoms with E-state index in [-0.39, 0.29) is 17.4 Å². The Morgan fingerprint density at radius 1 is 1.18 bits per heavy atom. The Morgan fingerprint density at radius 2 is 1.96 bits per heavy atom. The minimum atomic E-state index is -0.214. The number of fused-ring (bicyclic) bond motifs is 1. The lowest BCUT2D eigenvalue weighted by atomic mass is 9.88. The van der Waals surface area contributed by atoms with Crippen LogP contribution < -0.4 is 5.32 Å². The molecule has 1 N–H and O–H groups in total. The van der Waals surface area contributed by atoms with Crippen LogP contribution in [0.4, 0.5) is 0 Å². The molecule has 2 aliphatic rings. The SMILES string of the molecule is Cc1cccc(-c2ccc3c(Cl)c(C(=O)N4CC5(CCC(=O)N5)C4)sc3c2)c1. The van der Waals surface area contributed by atoms with Gasteiger partial charge in [-0.15, -0.1) is 11.3 Å². The van der Waals surface area contributed by atoms with Crippen LogP contribution in [0.15, 0.2) is 42.5 Å². The molecule has 0 aliphatic carbocycles. The zero-order valence-electron chi connectivity index (χ0n) is 15.4. The van der Waals surface area contributed by atoms with E-state index in [9.17, 15) is 9.59 Å². The molecule has 4 nitrogen and oxygen atoms in total. The molecule has 0 atom stereocenters. The van der Waals surface area contributed by atoms with Crippen molar-refractivity contribution in [2.75, 3.05) is 13.1 Å². The molecule has 28 heavy (non-hydrogen) atoms. The van der Waals surface area contributed by atoms with E-state index >= 15 is 0 Å². The molecule has 2 saturated heterocycles. The largest absolute Gasteiger partial charge is 0.347 e. The Labute approximate surface area is 172 Å². The van der Waals surface area contributed by atoms with E-state index in [1.54, 1.807) is 4.90 Å². The molecule has 0 bridgehead atoms. The van der Waals surface area contributed by atoms with Crippen molar-refractivity contribution >= 4 is 44.8 Å². The fourth-order valence-electron chi connectivity index (χ4n) is 4.19. The molecule has 2 aromatic carbocycles. The van der Waals surface area contributed by atoms with Gasteiger partial charge in [-0.1, -0.05) is 53.6 Å². The number of likely N-dealkylation sites (tertiary alicyclic amines) is 1. The molecule has 0 saturated carbocycles. The van der Waals surface area contributed by atoms with Crippen LogP contribution in [0.1, 0.15) is 28.1 Å². The molecule has 1 spiro atoms. The molecule has 1 aromatic heterocycles. The third-order valence-corrected chi connectivity index (χ3v) is 7.33. The van der Waals surface area contributed by atoms with Crippen molar-refractivity contribution < 1.29 is 9.59 Å². The summed E-state index contributed by atoms with van der Waals surface area (Å²) in [5, 5.41) is 4.45. The minimum Gasteiger partial charge on any atom is -0.347 e. The summed E-state index contributed by atoms with van der Waals surface area (Å²) in [6, 6.07) is 14.5. The minimum absolute atomic E-state index is 0.0462. The van der Waals surface area contributed by atoms with Gasteiger partial charge in [0.25, 0.3) is 5.91 Å². The molecule has 6 heteroatoms. The van der Waals surface area contributed by atoms with Gasteiger partial charge in [0, 0.05) is 29.6 Å². The highest BCUT2D eigenvalue weighted by Crippen LogP contribution is 2.40. The van der Waals surface area contributed by atoms with Crippen molar-refractivity contribution in [2.45, 2.75) is 25.3 Å². The van der Waals surface area contributed by atoms with E-state index in [1.165, 1.54) is 16.9 Å². The number of aryl methyl sites for hydroxylation is 1. The number of amides is 2. The van der Waals surface area contributed by atoms with E-state index in [1.807, 2.05) is 12.1 Å². The van der Waals surface area contributed by atoms with Crippen LogP contribution in [0.25, 0.3) is 21.2 Å². The Bertz CT molecular complexity index is 1130. The van der Waals surface area contributed by atoms with Gasteiger partial charge in [0.15, 0.2) is 0 Å². The first-order valence-corrected chi connectivity index (χ1v) is 10.5. The molecule has 0 radical (unpaired) electrons. The first-order valence-electron chi connectivity index (χ1n) is 9.34. The molecule has 3 heterocycles. The number of nitrogens with zero attached hydrogens (tertiary/aromatic N) is 1. The second-order valence-electron chi connectivity index (χ2n) is 7.82. The number of hydrogen-bond donors (Lipinski definition) is 1. The first-order chi connectivity index (χ1) is 13.4. The Kier molecular flexibility index (Phi) is 4.00. The number of hydrogen-bond acceptors (Lipinski definition) is 3. The van der Waals surface area contributed by atoms with Gasteiger partial charge in [-0.3, -0.25) is 9.59 Å². The maximum atomic E-state index is 13.0. The molecular formula is C22H19ClN2O2S. The van der Waals surface area contributed by atoms with E-state index < -0.39 is 0 Å². The van der Waals surface area contributed by atoms with Crippen molar-refractivity contribution in [1.29, 1.82) is 0 Å². The number of carbonyl (C=O) groups excluding carboxylic acids is 2. The fraction of sp³-hybridized carbons (Fsp3) is 0.273. The topological polar surface area (TPSA) is 49.4 Å². The molecule has 3 aromatic rings. The van der Waals surface area contributed by atoms with Crippen LogP contribution in [-0.2, 0) is 4.79 Å². The molecular weight excluding hydrogens is 392 g/mol. The van der Waals surface area contributed by atoms with Crippen LogP contribution in [-0.4, -0.2) is 35.3 Å². The highest BCUT2D eigenvalue weighted by atomic mass is 35.5. The first kappa shape index (κ1) is 17.7. The lowest BCUT2D eigenvalue weighted by Crippen LogP contribution is -2.68. The average Bonchev–Trinajstić information content (AvgIpc) is 3.20. The molecule has 0 unspecified atom stereocenters. The van der Waals surface area contributed by atoms with Crippen molar-refractivity contribution in [3.63, 3.8) is 0 Å². The van der Waals surface area contributed by atoms with E-state index in [2.05, 4.69) is 42.6 Å². The lowest BCUT2D eigenvalue weighted by molar-refractivity contribution is -0.120. The molecule has 142 valence electrons. The summed E-state index contributed by atoms with van der Waals surface area (Å²) < 4.78 is 1.01. The summed E-state index contributed by atoms with van der Waals surface area (Å²) in [5.74, 6) is 0.0331. The highest BCUT2D eigenvalue weighted by Gasteiger charge is 2.49. The number of halogens is 1. The van der Waals surface area contributed by atoms with Gasteiger partial charge < -0.3 is 10.2 Å². The summed E-state index contributed by atoms with van der Waals surface area (Å²) in [6.07, 6.45) is 1.35. The van der Waals surface area contributed by atoms with Gasteiger partial charge in [-0.2, -0.15) is 0 Å². The quantitative estimate of drug-likeness (QED) is 0.669. The lowest BCUT2D eigenvalue weighted by Gasteiger charge is -2.47. The van der Waals surface area contributed by atoms with E-state index in [0.717, 1.165) is 27.6 Å². The summed E-state index contributed by atoms with van der Waals surface area (Å²) >= 11 is 8.01. The standard InChI is InChI=1S/C22H19ClN2O2S/c1-13-3-2-4-14(9-13)15-5-6-16-17(10-15)28-20(19(16)23)21(27)25-11-22(12-25)8-7-18(26)24-22/h2-6,9-10H,7-8,11-12H2,1H3,(H,24,26). The van der Waals surface area contributed by atoms with Gasteiger partial charge in [0.05, 0.1) is 10.6 Å². The summed E-state index contributed by atoms with van der Waals surface area (Å²) in [4.78, 5) is 26.8. The maximum Gasteiger partial charge on any atom is 0.265 e. The summed E-state index contributed by atoms with van der Waals surface area (Å²) in [5.41, 5.74) is 3.27. The second-order valence-corrected chi connectivity index (χ2v) is 9.25. The van der Waals surface area contributed by atoms with E-state index in [4.69, 9.17) is 11.6 Å². The summed E-state index contributed by atoms with van der Waals surface area (Å²) in [6.45, 7) is 3.21. The third-order valence-electron chi connectivity index (χ3n) is 5.68. The van der Waals surface area contributed by atoms with Crippen LogP contribution in [0.5, 0.6) is 0 Å². The molecule has 2 amide bonds. The van der Waals surface area contributed by atoms with Crippen molar-refractivity contribution in [3.05, 3.63) is 57.9 Å². The number of nitrogens with one attached hydrogen (secondary N) is 1. The summed E-state index contributed by atoms with van der Waals surface area (Å²) in [7, 11) is 0.